The van der Waals surface area contributed by atoms with Crippen LogP contribution in [0.25, 0.3) is 22.3 Å². The fourth-order valence-corrected chi connectivity index (χ4v) is 6.00. The van der Waals surface area contributed by atoms with Crippen molar-refractivity contribution in [2.45, 2.75) is 131 Å². The molecule has 0 amide bonds. The highest BCUT2D eigenvalue weighted by Gasteiger charge is 2.13. The summed E-state index contributed by atoms with van der Waals surface area (Å²) in [6.45, 7) is 13.6. The zero-order chi connectivity index (χ0) is 27.3. The summed E-state index contributed by atoms with van der Waals surface area (Å²) in [6, 6.07) is 19.1. The first-order chi connectivity index (χ1) is 18.4. The standard InChI is InChI=1S/C38H54/c1-7-9-11-13-15-17-19-33-28-38(34(26-30(33)4)20-18-16-14-12-10-8-2)35-22-24-37(32(6)27-35)36-23-21-29(3)25-31(36)5/h21-28H,7-20H2,1-6H3. The average molecular weight is 511 g/mol. The van der Waals surface area contributed by atoms with Crippen molar-refractivity contribution in [3.63, 3.8) is 0 Å². The molecular weight excluding hydrogens is 456 g/mol. The van der Waals surface area contributed by atoms with Crippen molar-refractivity contribution in [1.82, 2.24) is 0 Å². The third-order valence-electron chi connectivity index (χ3n) is 8.37. The molecule has 3 aromatic rings. The van der Waals surface area contributed by atoms with Crippen LogP contribution in [0.1, 0.15) is 124 Å². The van der Waals surface area contributed by atoms with Crippen molar-refractivity contribution >= 4 is 0 Å². The maximum atomic E-state index is 2.55. The zero-order valence-electron chi connectivity index (χ0n) is 25.5. The summed E-state index contributed by atoms with van der Waals surface area (Å²) >= 11 is 0. The number of benzene rings is 3. The second kappa shape index (κ2) is 15.9. The van der Waals surface area contributed by atoms with Gasteiger partial charge in [-0.2, -0.15) is 0 Å². The fourth-order valence-electron chi connectivity index (χ4n) is 6.00. The molecule has 0 bridgehead atoms. The third-order valence-corrected chi connectivity index (χ3v) is 8.37. The lowest BCUT2D eigenvalue weighted by Crippen LogP contribution is -1.99. The molecule has 0 nitrogen and oxygen atoms in total. The zero-order valence-corrected chi connectivity index (χ0v) is 25.5. The Bertz CT molecular complexity index is 1130. The Labute approximate surface area is 235 Å². The molecule has 0 heteroatoms. The summed E-state index contributed by atoms with van der Waals surface area (Å²) < 4.78 is 0. The molecule has 0 heterocycles. The molecule has 0 fully saturated rings. The first kappa shape index (κ1) is 30.2. The molecule has 0 aromatic heterocycles. The number of unbranched alkanes of at least 4 members (excludes halogenated alkanes) is 10. The average Bonchev–Trinajstić information content (AvgIpc) is 2.89. The molecule has 0 atom stereocenters. The lowest BCUT2D eigenvalue weighted by atomic mass is 9.87. The predicted molar refractivity (Wildman–Crippen MR) is 170 cm³/mol. The fraction of sp³-hybridized carbons (Fsp3) is 0.526. The minimum Gasteiger partial charge on any atom is -0.0654 e. The van der Waals surface area contributed by atoms with Gasteiger partial charge in [0.05, 0.1) is 0 Å². The predicted octanol–water partition coefficient (Wildman–Crippen LogP) is 12.1. The molecule has 0 aliphatic rings. The normalized spacial score (nSPS) is 11.3. The van der Waals surface area contributed by atoms with Crippen molar-refractivity contribution in [2.24, 2.45) is 0 Å². The van der Waals surface area contributed by atoms with E-state index in [2.05, 4.69) is 90.1 Å². The van der Waals surface area contributed by atoms with E-state index in [0.717, 1.165) is 0 Å². The molecule has 0 saturated heterocycles. The monoisotopic (exact) mass is 510 g/mol. The van der Waals surface area contributed by atoms with Crippen LogP contribution in [0, 0.1) is 27.7 Å². The van der Waals surface area contributed by atoms with Crippen molar-refractivity contribution in [3.8, 4) is 22.3 Å². The van der Waals surface area contributed by atoms with Crippen LogP contribution in [-0.4, -0.2) is 0 Å². The Hall–Kier alpha value is -2.34. The van der Waals surface area contributed by atoms with Crippen LogP contribution in [0.3, 0.4) is 0 Å². The summed E-state index contributed by atoms with van der Waals surface area (Å²) in [5.41, 5.74) is 14.2. The Morgan fingerprint density at radius 2 is 0.947 bits per heavy atom. The lowest BCUT2D eigenvalue weighted by Gasteiger charge is -2.17. The number of aryl methyl sites for hydroxylation is 6. The molecular formula is C38H54. The minimum absolute atomic E-state index is 1.19. The van der Waals surface area contributed by atoms with Gasteiger partial charge in [-0.05, 0) is 103 Å². The van der Waals surface area contributed by atoms with Crippen molar-refractivity contribution in [1.29, 1.82) is 0 Å². The van der Waals surface area contributed by atoms with Gasteiger partial charge in [-0.15, -0.1) is 0 Å². The van der Waals surface area contributed by atoms with E-state index in [1.54, 1.807) is 11.1 Å². The highest BCUT2D eigenvalue weighted by molar-refractivity contribution is 5.77. The van der Waals surface area contributed by atoms with Gasteiger partial charge in [0, 0.05) is 0 Å². The number of rotatable bonds is 16. The minimum atomic E-state index is 1.19. The van der Waals surface area contributed by atoms with Crippen LogP contribution >= 0.6 is 0 Å². The molecule has 0 N–H and O–H groups in total. The van der Waals surface area contributed by atoms with E-state index in [9.17, 15) is 0 Å². The van der Waals surface area contributed by atoms with Gasteiger partial charge in [-0.3, -0.25) is 0 Å². The van der Waals surface area contributed by atoms with E-state index >= 15 is 0 Å². The Morgan fingerprint density at radius 3 is 1.53 bits per heavy atom. The van der Waals surface area contributed by atoms with Crippen LogP contribution in [-0.2, 0) is 12.8 Å². The van der Waals surface area contributed by atoms with Gasteiger partial charge < -0.3 is 0 Å². The van der Waals surface area contributed by atoms with E-state index in [4.69, 9.17) is 0 Å². The Balaban J connectivity index is 1.85. The third kappa shape index (κ3) is 8.86. The van der Waals surface area contributed by atoms with Gasteiger partial charge in [0.15, 0.2) is 0 Å². The first-order valence-electron chi connectivity index (χ1n) is 15.8. The quantitative estimate of drug-likeness (QED) is 0.168. The van der Waals surface area contributed by atoms with Crippen LogP contribution in [0.5, 0.6) is 0 Å². The molecule has 0 aliphatic carbocycles. The van der Waals surface area contributed by atoms with Gasteiger partial charge in [-0.1, -0.05) is 132 Å². The molecule has 0 saturated carbocycles. The van der Waals surface area contributed by atoms with E-state index in [-0.39, 0.29) is 0 Å². The highest BCUT2D eigenvalue weighted by Crippen LogP contribution is 2.34. The van der Waals surface area contributed by atoms with Gasteiger partial charge >= 0.3 is 0 Å². The lowest BCUT2D eigenvalue weighted by molar-refractivity contribution is 0.605. The maximum Gasteiger partial charge on any atom is -0.0149 e. The summed E-state index contributed by atoms with van der Waals surface area (Å²) in [5, 5.41) is 0. The van der Waals surface area contributed by atoms with Crippen molar-refractivity contribution in [2.75, 3.05) is 0 Å². The molecule has 0 unspecified atom stereocenters. The first-order valence-corrected chi connectivity index (χ1v) is 15.8. The molecule has 206 valence electrons. The molecule has 3 rings (SSSR count). The van der Waals surface area contributed by atoms with Crippen LogP contribution in [0.2, 0.25) is 0 Å². The summed E-state index contributed by atoms with van der Waals surface area (Å²) in [4.78, 5) is 0. The van der Waals surface area contributed by atoms with Gasteiger partial charge in [0.2, 0.25) is 0 Å². The molecule has 0 radical (unpaired) electrons. The number of hydrogen-bond donors (Lipinski definition) is 0. The maximum absolute atomic E-state index is 2.55. The topological polar surface area (TPSA) is 0 Å². The molecule has 0 spiro atoms. The van der Waals surface area contributed by atoms with E-state index in [1.807, 2.05) is 0 Å². The second-order valence-corrected chi connectivity index (χ2v) is 11.8. The van der Waals surface area contributed by atoms with E-state index in [0.29, 0.717) is 0 Å². The van der Waals surface area contributed by atoms with Crippen molar-refractivity contribution in [3.05, 3.63) is 81.9 Å². The van der Waals surface area contributed by atoms with Gasteiger partial charge in [0.25, 0.3) is 0 Å². The Kier molecular flexibility index (Phi) is 12.7. The summed E-state index contributed by atoms with van der Waals surface area (Å²) in [6.07, 6.45) is 18.7. The second-order valence-electron chi connectivity index (χ2n) is 11.8. The smallest absolute Gasteiger partial charge is 0.0149 e. The van der Waals surface area contributed by atoms with Crippen LogP contribution in [0.4, 0.5) is 0 Å². The van der Waals surface area contributed by atoms with Crippen LogP contribution in [0.15, 0.2) is 48.5 Å². The van der Waals surface area contributed by atoms with Gasteiger partial charge in [-0.25, -0.2) is 0 Å². The highest BCUT2D eigenvalue weighted by atomic mass is 14.2. The molecule has 0 aliphatic heterocycles. The van der Waals surface area contributed by atoms with E-state index in [1.165, 1.54) is 134 Å². The largest absolute Gasteiger partial charge is 0.0654 e. The molecule has 38 heavy (non-hydrogen) atoms. The Morgan fingerprint density at radius 1 is 0.421 bits per heavy atom. The summed E-state index contributed by atoms with van der Waals surface area (Å²) in [5.74, 6) is 0. The molecule has 3 aromatic carbocycles. The SMILES string of the molecule is CCCCCCCCc1cc(-c2ccc(-c3ccc(C)cc3C)c(C)c2)c(CCCCCCCC)cc1C. The summed E-state index contributed by atoms with van der Waals surface area (Å²) in [7, 11) is 0. The number of hydrogen-bond acceptors (Lipinski definition) is 0. The van der Waals surface area contributed by atoms with Crippen LogP contribution < -0.4 is 0 Å². The van der Waals surface area contributed by atoms with Gasteiger partial charge in [0.1, 0.15) is 0 Å². The van der Waals surface area contributed by atoms with E-state index < -0.39 is 0 Å². The van der Waals surface area contributed by atoms with Crippen molar-refractivity contribution < 1.29 is 0 Å².